The van der Waals surface area contributed by atoms with Crippen LogP contribution < -0.4 is 0 Å². The number of rotatable bonds is 3. The van der Waals surface area contributed by atoms with Crippen LogP contribution in [-0.4, -0.2) is 32.1 Å². The van der Waals surface area contributed by atoms with E-state index in [1.807, 2.05) is 60.9 Å². The fraction of sp³-hybridized carbons (Fsp3) is 0.0303. The van der Waals surface area contributed by atoms with Crippen LogP contribution in [0.2, 0.25) is 0 Å². The van der Waals surface area contributed by atoms with Gasteiger partial charge in [-0.15, -0.1) is 0 Å². The van der Waals surface area contributed by atoms with Crippen molar-refractivity contribution >= 4 is 33.6 Å². The first-order chi connectivity index (χ1) is 18.9. The van der Waals surface area contributed by atoms with Crippen molar-refractivity contribution in [2.45, 2.75) is 6.92 Å². The van der Waals surface area contributed by atoms with E-state index in [-0.39, 0.29) is 11.1 Å². The van der Waals surface area contributed by atoms with E-state index >= 15 is 0 Å². The van der Waals surface area contributed by atoms with Gasteiger partial charge in [0.25, 0.3) is 0 Å². The summed E-state index contributed by atoms with van der Waals surface area (Å²) in [6, 6.07) is 36.7. The molecule has 6 rings (SSSR count). The van der Waals surface area contributed by atoms with Crippen LogP contribution in [0, 0.1) is 6.92 Å². The molecule has 0 radical (unpaired) electrons. The molecule has 0 saturated carbocycles. The molecule has 192 valence electrons. The maximum absolute atomic E-state index is 10.5. The average molecular weight is 515 g/mol. The molecular formula is C33H26N2O4. The molecule has 0 saturated heterocycles. The summed E-state index contributed by atoms with van der Waals surface area (Å²) >= 11 is 0. The van der Waals surface area contributed by atoms with E-state index in [0.29, 0.717) is 5.56 Å². The number of aromatic carboxylic acids is 2. The van der Waals surface area contributed by atoms with Crippen molar-refractivity contribution in [3.63, 3.8) is 0 Å². The highest BCUT2D eigenvalue weighted by Crippen LogP contribution is 2.25. The molecule has 2 N–H and O–H groups in total. The lowest BCUT2D eigenvalue weighted by molar-refractivity contribution is 0.0696. The van der Waals surface area contributed by atoms with E-state index in [2.05, 4.69) is 58.5 Å². The summed E-state index contributed by atoms with van der Waals surface area (Å²) in [4.78, 5) is 29.7. The minimum absolute atomic E-state index is 0.00241. The highest BCUT2D eigenvalue weighted by atomic mass is 16.4. The molecule has 0 fully saturated rings. The van der Waals surface area contributed by atoms with E-state index in [1.165, 1.54) is 33.9 Å². The van der Waals surface area contributed by atoms with Crippen LogP contribution >= 0.6 is 0 Å². The molecule has 0 spiro atoms. The van der Waals surface area contributed by atoms with E-state index in [4.69, 9.17) is 10.2 Å². The highest BCUT2D eigenvalue weighted by molar-refractivity contribution is 5.95. The lowest BCUT2D eigenvalue weighted by Crippen LogP contribution is -2.02. The molecule has 39 heavy (non-hydrogen) atoms. The molecule has 0 aliphatic rings. The molecule has 0 atom stereocenters. The Morgan fingerprint density at radius 1 is 0.590 bits per heavy atom. The Labute approximate surface area is 225 Å². The third-order valence-corrected chi connectivity index (χ3v) is 5.80. The minimum Gasteiger partial charge on any atom is -0.478 e. The van der Waals surface area contributed by atoms with Crippen LogP contribution in [0.3, 0.4) is 0 Å². The number of fused-ring (bicyclic) bond motifs is 2. The summed E-state index contributed by atoms with van der Waals surface area (Å²) in [6.45, 7) is 1.65. The van der Waals surface area contributed by atoms with Crippen molar-refractivity contribution in [3.8, 4) is 11.3 Å². The van der Waals surface area contributed by atoms with Crippen molar-refractivity contribution in [1.29, 1.82) is 0 Å². The van der Waals surface area contributed by atoms with Crippen LogP contribution in [0.5, 0.6) is 0 Å². The predicted molar refractivity (Wildman–Crippen MR) is 154 cm³/mol. The molecule has 0 aliphatic carbocycles. The van der Waals surface area contributed by atoms with Gasteiger partial charge in [-0.25, -0.2) is 9.59 Å². The number of nitrogens with zero attached hydrogens (tertiary/aromatic N) is 2. The normalized spacial score (nSPS) is 10.1. The molecular weight excluding hydrogens is 488 g/mol. The number of carbonyl (C=O) groups is 2. The largest absolute Gasteiger partial charge is 0.478 e. The second-order valence-electron chi connectivity index (χ2n) is 8.64. The first-order valence-electron chi connectivity index (χ1n) is 12.2. The standard InChI is InChI=1S/C15H11N.C9H7N.C9H8O4/c1-2-7-13(8-3-1)15-14-9-5-4-6-12(14)10-11-16-15;1-2-6-9-8(4-1)5-3-7-10-9;1-5-2-6(8(10)11)4-7(3-5)9(12)13/h1-11H;1-7H;2-4H,1H3,(H,10,11)(H,12,13). The second kappa shape index (κ2) is 12.7. The number of hydrogen-bond donors (Lipinski definition) is 2. The smallest absolute Gasteiger partial charge is 0.335 e. The summed E-state index contributed by atoms with van der Waals surface area (Å²) in [5.41, 5.74) is 3.90. The number of para-hydroxylation sites is 1. The molecule has 2 aromatic heterocycles. The third-order valence-electron chi connectivity index (χ3n) is 5.80. The number of benzene rings is 4. The summed E-state index contributed by atoms with van der Waals surface area (Å²) in [5, 5.41) is 20.9. The van der Waals surface area contributed by atoms with Crippen molar-refractivity contribution in [1.82, 2.24) is 9.97 Å². The maximum Gasteiger partial charge on any atom is 0.335 e. The molecule has 6 aromatic rings. The van der Waals surface area contributed by atoms with Gasteiger partial charge < -0.3 is 10.2 Å². The summed E-state index contributed by atoms with van der Waals surface area (Å²) in [7, 11) is 0. The van der Waals surface area contributed by atoms with Crippen molar-refractivity contribution in [3.05, 3.63) is 144 Å². The molecule has 0 amide bonds. The number of aryl methyl sites for hydroxylation is 1. The first-order valence-corrected chi connectivity index (χ1v) is 12.2. The number of carboxylic acids is 2. The van der Waals surface area contributed by atoms with Crippen molar-refractivity contribution in [2.75, 3.05) is 0 Å². The first kappa shape index (κ1) is 26.7. The Hall–Kier alpha value is -5.36. The van der Waals surface area contributed by atoms with Crippen LogP contribution in [0.1, 0.15) is 26.3 Å². The minimum atomic E-state index is -1.12. The molecule has 4 aromatic carbocycles. The monoisotopic (exact) mass is 514 g/mol. The summed E-state index contributed by atoms with van der Waals surface area (Å²) < 4.78 is 0. The topological polar surface area (TPSA) is 100 Å². The van der Waals surface area contributed by atoms with Crippen molar-refractivity contribution in [2.24, 2.45) is 0 Å². The molecule has 0 bridgehead atoms. The quantitative estimate of drug-likeness (QED) is 0.253. The fourth-order valence-corrected chi connectivity index (χ4v) is 3.99. The van der Waals surface area contributed by atoms with Gasteiger partial charge in [-0.1, -0.05) is 78.9 Å². The van der Waals surface area contributed by atoms with Gasteiger partial charge in [0, 0.05) is 28.7 Å². The molecule has 0 unspecified atom stereocenters. The maximum atomic E-state index is 10.5. The van der Waals surface area contributed by atoms with Gasteiger partial charge in [0.05, 0.1) is 22.3 Å². The lowest BCUT2D eigenvalue weighted by atomic mass is 10.0. The van der Waals surface area contributed by atoms with Gasteiger partial charge >= 0.3 is 11.9 Å². The Balaban J connectivity index is 0.000000140. The Morgan fingerprint density at radius 3 is 1.85 bits per heavy atom. The van der Waals surface area contributed by atoms with E-state index in [9.17, 15) is 9.59 Å². The number of carboxylic acid groups (broad SMARTS) is 2. The van der Waals surface area contributed by atoms with Gasteiger partial charge in [-0.05, 0) is 54.3 Å². The van der Waals surface area contributed by atoms with Crippen molar-refractivity contribution < 1.29 is 19.8 Å². The van der Waals surface area contributed by atoms with Crippen LogP contribution in [-0.2, 0) is 0 Å². The second-order valence-corrected chi connectivity index (χ2v) is 8.64. The van der Waals surface area contributed by atoms with E-state index in [0.717, 1.165) is 17.3 Å². The molecule has 2 heterocycles. The SMILES string of the molecule is Cc1cc(C(=O)O)cc(C(=O)O)c1.c1ccc(-c2nccc3ccccc23)cc1.c1ccc2ncccc2c1. The Bertz CT molecular complexity index is 1630. The van der Waals surface area contributed by atoms with Gasteiger partial charge in [0.1, 0.15) is 0 Å². The number of aromatic nitrogens is 2. The number of pyridine rings is 2. The zero-order valence-electron chi connectivity index (χ0n) is 21.2. The highest BCUT2D eigenvalue weighted by Gasteiger charge is 2.09. The zero-order chi connectivity index (χ0) is 27.6. The predicted octanol–water partition coefficient (Wildman–Crippen LogP) is 7.53. The average Bonchev–Trinajstić information content (AvgIpc) is 2.98. The zero-order valence-corrected chi connectivity index (χ0v) is 21.2. The summed E-state index contributed by atoms with van der Waals surface area (Å²) in [5.74, 6) is -2.24. The molecule has 6 heteroatoms. The van der Waals surface area contributed by atoms with E-state index in [1.54, 1.807) is 6.92 Å². The van der Waals surface area contributed by atoms with E-state index < -0.39 is 11.9 Å². The fourth-order valence-electron chi connectivity index (χ4n) is 3.99. The molecule has 0 aliphatic heterocycles. The summed E-state index contributed by atoms with van der Waals surface area (Å²) in [6.07, 6.45) is 3.67. The van der Waals surface area contributed by atoms with Gasteiger partial charge in [-0.3, -0.25) is 9.97 Å². The third kappa shape index (κ3) is 7.11. The number of hydrogen-bond acceptors (Lipinski definition) is 4. The Morgan fingerprint density at radius 2 is 1.18 bits per heavy atom. The van der Waals surface area contributed by atoms with Crippen LogP contribution in [0.4, 0.5) is 0 Å². The molecule has 6 nitrogen and oxygen atoms in total. The van der Waals surface area contributed by atoms with Crippen LogP contribution in [0.15, 0.2) is 128 Å². The van der Waals surface area contributed by atoms with Gasteiger partial charge in [0.2, 0.25) is 0 Å². The van der Waals surface area contributed by atoms with Gasteiger partial charge in [0.15, 0.2) is 0 Å². The lowest BCUT2D eigenvalue weighted by Gasteiger charge is -2.04. The van der Waals surface area contributed by atoms with Crippen LogP contribution in [0.25, 0.3) is 32.9 Å². The van der Waals surface area contributed by atoms with Gasteiger partial charge in [-0.2, -0.15) is 0 Å². The Kier molecular flexibility index (Phi) is 8.72.